The lowest BCUT2D eigenvalue weighted by Gasteiger charge is -2.28. The summed E-state index contributed by atoms with van der Waals surface area (Å²) in [4.78, 5) is 37.6. The van der Waals surface area contributed by atoms with E-state index in [9.17, 15) is 19.0 Å². The number of phosphoric ester groups is 1. The molecule has 0 rings (SSSR count). The molecule has 0 aliphatic heterocycles. The predicted molar refractivity (Wildman–Crippen MR) is 241 cm³/mol. The summed E-state index contributed by atoms with van der Waals surface area (Å²) in [5.41, 5.74) is 0. The van der Waals surface area contributed by atoms with E-state index in [0.29, 0.717) is 17.4 Å². The van der Waals surface area contributed by atoms with Crippen LogP contribution in [0.25, 0.3) is 0 Å². The van der Waals surface area contributed by atoms with Gasteiger partial charge in [-0.25, -0.2) is 0 Å². The highest BCUT2D eigenvalue weighted by molar-refractivity contribution is 7.45. The average Bonchev–Trinajstić information content (AvgIpc) is 3.17. The highest BCUT2D eigenvalue weighted by atomic mass is 31.2. The number of nitrogens with zero attached hydrogens (tertiary/aromatic N) is 1. The Morgan fingerprint density at radius 2 is 0.966 bits per heavy atom. The third-order valence-electron chi connectivity index (χ3n) is 10.1. The van der Waals surface area contributed by atoms with E-state index in [2.05, 4.69) is 50.3 Å². The highest BCUT2D eigenvalue weighted by Gasteiger charge is 2.21. The number of carbonyl (C=O) groups is 2. The monoisotopic (exact) mass is 840 g/mol. The second kappa shape index (κ2) is 40.6. The van der Waals surface area contributed by atoms with Crippen LogP contribution < -0.4 is 4.89 Å². The summed E-state index contributed by atoms with van der Waals surface area (Å²) >= 11 is 0. The number of phosphoric acid groups is 1. The lowest BCUT2D eigenvalue weighted by atomic mass is 10.1. The van der Waals surface area contributed by atoms with Gasteiger partial charge in [0.15, 0.2) is 6.10 Å². The largest absolute Gasteiger partial charge is 0.756 e. The Kier molecular flexibility index (Phi) is 39.4. The summed E-state index contributed by atoms with van der Waals surface area (Å²) in [7, 11) is 1.15. The van der Waals surface area contributed by atoms with E-state index in [0.717, 1.165) is 64.2 Å². The molecular formula is C48H90NO8P. The van der Waals surface area contributed by atoms with Crippen LogP contribution in [0.1, 0.15) is 206 Å². The molecule has 58 heavy (non-hydrogen) atoms. The van der Waals surface area contributed by atoms with Crippen LogP contribution in [0.15, 0.2) is 36.5 Å². The summed E-state index contributed by atoms with van der Waals surface area (Å²) in [5, 5.41) is 0. The summed E-state index contributed by atoms with van der Waals surface area (Å²) in [5.74, 6) is -0.850. The standard InChI is InChI=1S/C48H90NO8P/c1-6-8-10-12-14-16-18-20-21-22-23-24-25-26-27-29-30-32-34-36-38-40-47(50)54-44-46(45-56-58(52,53)55-43-42-49(3,4)5)57-48(51)41-39-37-35-33-31-28-19-17-15-13-11-9-7-2/h11,13,17,19,22-23,46H,6-10,12,14-16,18,20-21,24-45H2,1-5H3/b13-11-,19-17-,23-22-. The van der Waals surface area contributed by atoms with Crippen LogP contribution in [0.4, 0.5) is 0 Å². The lowest BCUT2D eigenvalue weighted by molar-refractivity contribution is -0.870. The first-order chi connectivity index (χ1) is 28.0. The summed E-state index contributed by atoms with van der Waals surface area (Å²) in [6.45, 7) is 4.15. The van der Waals surface area contributed by atoms with Gasteiger partial charge in [0.2, 0.25) is 0 Å². The maximum absolute atomic E-state index is 12.7. The Balaban J connectivity index is 4.25. The van der Waals surface area contributed by atoms with Gasteiger partial charge in [-0.15, -0.1) is 0 Å². The number of carbonyl (C=O) groups excluding carboxylic acids is 2. The zero-order valence-corrected chi connectivity index (χ0v) is 39.1. The molecule has 0 radical (unpaired) electrons. The molecule has 9 nitrogen and oxygen atoms in total. The second-order valence-electron chi connectivity index (χ2n) is 17.1. The van der Waals surface area contributed by atoms with Crippen molar-refractivity contribution in [3.63, 3.8) is 0 Å². The molecule has 0 bridgehead atoms. The summed E-state index contributed by atoms with van der Waals surface area (Å²) < 4.78 is 33.9. The zero-order chi connectivity index (χ0) is 42.8. The average molecular weight is 840 g/mol. The molecule has 0 aliphatic carbocycles. The van der Waals surface area contributed by atoms with E-state index >= 15 is 0 Å². The number of likely N-dealkylation sites (N-methyl/N-ethyl adjacent to an activating group) is 1. The SMILES string of the molecule is CCC/C=C\C/C=C\CCCCCCCC(=O)OC(COC(=O)CCCCCCCCCCC/C=C\CCCCCCCCCC)COP(=O)([O-])OCC[N+](C)(C)C. The zero-order valence-electron chi connectivity index (χ0n) is 38.2. The smallest absolute Gasteiger partial charge is 0.306 e. The van der Waals surface area contributed by atoms with Crippen molar-refractivity contribution in [1.29, 1.82) is 0 Å². The lowest BCUT2D eigenvalue weighted by Crippen LogP contribution is -2.37. The molecule has 340 valence electrons. The third-order valence-corrected chi connectivity index (χ3v) is 11.1. The number of esters is 2. The fraction of sp³-hybridized carbons (Fsp3) is 0.833. The van der Waals surface area contributed by atoms with Crippen LogP contribution in [0.2, 0.25) is 0 Å². The van der Waals surface area contributed by atoms with Gasteiger partial charge in [-0.1, -0.05) is 166 Å². The summed E-state index contributed by atoms with van der Waals surface area (Å²) in [6.07, 6.45) is 46.0. The Morgan fingerprint density at radius 1 is 0.534 bits per heavy atom. The minimum absolute atomic E-state index is 0.0340. The molecule has 0 saturated carbocycles. The molecule has 0 N–H and O–H groups in total. The number of rotatable bonds is 43. The fourth-order valence-corrected chi connectivity index (χ4v) is 7.12. The maximum atomic E-state index is 12.7. The van der Waals surface area contributed by atoms with Crippen LogP contribution in [0.5, 0.6) is 0 Å². The maximum Gasteiger partial charge on any atom is 0.306 e. The van der Waals surface area contributed by atoms with Crippen LogP contribution in [0.3, 0.4) is 0 Å². The molecule has 2 unspecified atom stereocenters. The molecule has 0 spiro atoms. The van der Waals surface area contributed by atoms with Gasteiger partial charge in [0.05, 0.1) is 27.7 Å². The van der Waals surface area contributed by atoms with Gasteiger partial charge in [0.25, 0.3) is 7.82 Å². The topological polar surface area (TPSA) is 111 Å². The van der Waals surface area contributed by atoms with Crippen molar-refractivity contribution in [2.75, 3.05) is 47.5 Å². The molecule has 0 aromatic rings. The molecule has 10 heteroatoms. The van der Waals surface area contributed by atoms with Crippen molar-refractivity contribution in [2.45, 2.75) is 213 Å². The molecule has 0 aromatic carbocycles. The van der Waals surface area contributed by atoms with Gasteiger partial charge in [0, 0.05) is 12.8 Å². The van der Waals surface area contributed by atoms with Crippen LogP contribution >= 0.6 is 7.82 Å². The minimum atomic E-state index is -4.63. The first-order valence-electron chi connectivity index (χ1n) is 23.7. The first kappa shape index (κ1) is 56.2. The number of quaternary nitrogens is 1. The van der Waals surface area contributed by atoms with Crippen molar-refractivity contribution in [1.82, 2.24) is 0 Å². The molecular weight excluding hydrogens is 750 g/mol. The Bertz CT molecular complexity index is 1090. The quantitative estimate of drug-likeness (QED) is 0.0196. The van der Waals surface area contributed by atoms with Gasteiger partial charge >= 0.3 is 11.9 Å². The number of unbranched alkanes of at least 4 members (excludes halogenated alkanes) is 23. The molecule has 0 amide bonds. The molecule has 0 heterocycles. The van der Waals surface area contributed by atoms with E-state index < -0.39 is 26.5 Å². The van der Waals surface area contributed by atoms with Crippen LogP contribution in [-0.2, 0) is 32.7 Å². The molecule has 0 saturated heterocycles. The number of hydrogen-bond acceptors (Lipinski definition) is 8. The second-order valence-corrected chi connectivity index (χ2v) is 18.5. The fourth-order valence-electron chi connectivity index (χ4n) is 6.39. The van der Waals surface area contributed by atoms with Crippen molar-refractivity contribution >= 4 is 19.8 Å². The van der Waals surface area contributed by atoms with Crippen molar-refractivity contribution < 1.29 is 42.1 Å². The van der Waals surface area contributed by atoms with E-state index in [1.54, 1.807) is 0 Å². The Labute approximate surface area is 357 Å². The van der Waals surface area contributed by atoms with Crippen molar-refractivity contribution in [2.24, 2.45) is 0 Å². The van der Waals surface area contributed by atoms with Crippen molar-refractivity contribution in [3.8, 4) is 0 Å². The van der Waals surface area contributed by atoms with Crippen LogP contribution in [0, 0.1) is 0 Å². The Hall–Kier alpha value is -1.77. The van der Waals surface area contributed by atoms with Gasteiger partial charge < -0.3 is 27.9 Å². The normalized spacial score (nSPS) is 13.8. The van der Waals surface area contributed by atoms with E-state index in [1.807, 2.05) is 21.1 Å². The third kappa shape index (κ3) is 43.8. The number of allylic oxidation sites excluding steroid dienone is 6. The van der Waals surface area contributed by atoms with E-state index in [4.69, 9.17) is 18.5 Å². The van der Waals surface area contributed by atoms with Crippen molar-refractivity contribution in [3.05, 3.63) is 36.5 Å². The molecule has 0 aliphatic rings. The van der Waals surface area contributed by atoms with E-state index in [1.165, 1.54) is 109 Å². The minimum Gasteiger partial charge on any atom is -0.756 e. The Morgan fingerprint density at radius 3 is 1.45 bits per heavy atom. The van der Waals surface area contributed by atoms with E-state index in [-0.39, 0.29) is 32.0 Å². The molecule has 0 fully saturated rings. The first-order valence-corrected chi connectivity index (χ1v) is 25.2. The van der Waals surface area contributed by atoms with Gasteiger partial charge in [-0.3, -0.25) is 14.2 Å². The van der Waals surface area contributed by atoms with Crippen LogP contribution in [-0.4, -0.2) is 70.0 Å². The van der Waals surface area contributed by atoms with Gasteiger partial charge in [-0.05, 0) is 64.2 Å². The number of hydrogen-bond donors (Lipinski definition) is 0. The van der Waals surface area contributed by atoms with Gasteiger partial charge in [-0.2, -0.15) is 0 Å². The highest BCUT2D eigenvalue weighted by Crippen LogP contribution is 2.38. The molecule has 2 atom stereocenters. The summed E-state index contributed by atoms with van der Waals surface area (Å²) in [6, 6.07) is 0. The predicted octanol–water partition coefficient (Wildman–Crippen LogP) is 13.1. The molecule has 0 aromatic heterocycles. The number of ether oxygens (including phenoxy) is 2. The van der Waals surface area contributed by atoms with Gasteiger partial charge in [0.1, 0.15) is 19.8 Å².